The first-order valence-electron chi connectivity index (χ1n) is 14.7. The number of halogens is 1. The molecule has 1 N–H and O–H groups in total. The largest absolute Gasteiger partial charge is 0.493 e. The molecule has 0 radical (unpaired) electrons. The van der Waals surface area contributed by atoms with Gasteiger partial charge in [-0.1, -0.05) is 11.6 Å². The third-order valence-electron chi connectivity index (χ3n) is 8.37. The number of benzene rings is 2. The number of hydrogen-bond donors (Lipinski definition) is 1. The number of ether oxygens (including phenoxy) is 1. The molecule has 9 nitrogen and oxygen atoms in total. The summed E-state index contributed by atoms with van der Waals surface area (Å²) in [6, 6.07) is 12.2. The van der Waals surface area contributed by atoms with Crippen molar-refractivity contribution in [3.8, 4) is 16.9 Å². The maximum atomic E-state index is 12.7. The third kappa shape index (κ3) is 5.62. The SMILES string of the molecule is Cc1cc2cc(c1)SCc1cc(nn1C)CN(C)Cc1nn(C)c(C)c1-c1c(Cl)ccc3c1c(C)c(C(=O)O)n3CCCO2. The van der Waals surface area contributed by atoms with Gasteiger partial charge < -0.3 is 14.4 Å². The van der Waals surface area contributed by atoms with Gasteiger partial charge in [0.25, 0.3) is 0 Å². The summed E-state index contributed by atoms with van der Waals surface area (Å²) in [5, 5.41) is 21.5. The monoisotopic (exact) mass is 632 g/mol. The Morgan fingerprint density at radius 2 is 1.80 bits per heavy atom. The highest BCUT2D eigenvalue weighted by molar-refractivity contribution is 7.98. The van der Waals surface area contributed by atoms with Crippen LogP contribution in [0, 0.1) is 20.8 Å². The van der Waals surface area contributed by atoms with E-state index in [1.165, 1.54) is 0 Å². The zero-order valence-corrected chi connectivity index (χ0v) is 27.5. The average molecular weight is 633 g/mol. The molecule has 0 saturated heterocycles. The first-order chi connectivity index (χ1) is 21.0. The number of carboxylic acids is 1. The molecule has 1 aliphatic rings. The highest BCUT2D eigenvalue weighted by Crippen LogP contribution is 2.42. The molecular formula is C33H37ClN6O3S. The zero-order chi connectivity index (χ0) is 31.3. The maximum absolute atomic E-state index is 12.7. The van der Waals surface area contributed by atoms with Crippen molar-refractivity contribution in [2.75, 3.05) is 13.7 Å². The van der Waals surface area contributed by atoms with E-state index in [0.29, 0.717) is 43.2 Å². The van der Waals surface area contributed by atoms with E-state index in [1.54, 1.807) is 11.8 Å². The van der Waals surface area contributed by atoms with Crippen LogP contribution in [0.4, 0.5) is 0 Å². The van der Waals surface area contributed by atoms with E-state index in [-0.39, 0.29) is 5.69 Å². The zero-order valence-electron chi connectivity index (χ0n) is 25.9. The number of nitrogens with zero attached hydrogens (tertiary/aromatic N) is 6. The predicted octanol–water partition coefficient (Wildman–Crippen LogP) is 6.76. The third-order valence-corrected chi connectivity index (χ3v) is 9.69. The molecule has 0 saturated carbocycles. The van der Waals surface area contributed by atoms with Crippen LogP contribution < -0.4 is 4.74 Å². The second-order valence-corrected chi connectivity index (χ2v) is 13.1. The Morgan fingerprint density at radius 1 is 1.00 bits per heavy atom. The number of fused-ring (bicyclic) bond motifs is 6. The summed E-state index contributed by atoms with van der Waals surface area (Å²) in [6.45, 7) is 8.13. The molecule has 8 bridgehead atoms. The predicted molar refractivity (Wildman–Crippen MR) is 175 cm³/mol. The van der Waals surface area contributed by atoms with Crippen molar-refractivity contribution in [1.29, 1.82) is 0 Å². The van der Waals surface area contributed by atoms with E-state index in [2.05, 4.69) is 37.1 Å². The molecule has 5 aromatic rings. The van der Waals surface area contributed by atoms with Gasteiger partial charge in [0.1, 0.15) is 11.4 Å². The minimum absolute atomic E-state index is 0.270. The number of hydrogen-bond acceptors (Lipinski definition) is 6. The summed E-state index contributed by atoms with van der Waals surface area (Å²) in [7, 11) is 5.99. The highest BCUT2D eigenvalue weighted by Gasteiger charge is 2.27. The van der Waals surface area contributed by atoms with Gasteiger partial charge in [0, 0.05) is 82.8 Å². The lowest BCUT2D eigenvalue weighted by atomic mass is 9.96. The van der Waals surface area contributed by atoms with Crippen LogP contribution in [0.25, 0.3) is 22.0 Å². The Kier molecular flexibility index (Phi) is 8.26. The molecule has 2 aromatic carbocycles. The van der Waals surface area contributed by atoms with E-state index in [4.69, 9.17) is 26.5 Å². The molecule has 0 atom stereocenters. The van der Waals surface area contributed by atoms with E-state index in [0.717, 1.165) is 66.8 Å². The quantitative estimate of drug-likeness (QED) is 0.218. The Morgan fingerprint density at radius 3 is 2.57 bits per heavy atom. The van der Waals surface area contributed by atoms with E-state index < -0.39 is 5.97 Å². The van der Waals surface area contributed by atoms with Gasteiger partial charge >= 0.3 is 5.97 Å². The molecule has 0 spiro atoms. The smallest absolute Gasteiger partial charge is 0.352 e. The number of rotatable bonds is 1. The maximum Gasteiger partial charge on any atom is 0.352 e. The molecule has 4 heterocycles. The minimum Gasteiger partial charge on any atom is -0.493 e. The standard InChI is InChI=1S/C33H37ClN6O3S/c1-19-12-24-15-25(13-19)44-18-23-14-22(35-39(23)6)16-37(4)17-27-30(21(3)38(5)36-27)31-26(34)8-9-28-29(31)20(2)32(33(41)42)40(28)10-7-11-43-24/h8-9,12-15H,7,10-11,16-18H2,1-6H3,(H,41,42). The number of aromatic carboxylic acids is 1. The van der Waals surface area contributed by atoms with Crippen LogP contribution in [0.1, 0.15) is 50.8 Å². The molecular weight excluding hydrogens is 596 g/mol. The lowest BCUT2D eigenvalue weighted by molar-refractivity contribution is 0.0684. The van der Waals surface area contributed by atoms with Crippen LogP contribution in [0.3, 0.4) is 0 Å². The van der Waals surface area contributed by atoms with Gasteiger partial charge in [-0.15, -0.1) is 11.8 Å². The van der Waals surface area contributed by atoms with Crippen molar-refractivity contribution >= 4 is 40.2 Å². The van der Waals surface area contributed by atoms with E-state index in [1.807, 2.05) is 60.1 Å². The Labute approximate surface area is 266 Å². The number of thioether (sulfide) groups is 1. The van der Waals surface area contributed by atoms with Crippen molar-refractivity contribution in [3.63, 3.8) is 0 Å². The molecule has 230 valence electrons. The fraction of sp³-hybridized carbons (Fsp3) is 0.364. The fourth-order valence-corrected chi connectivity index (χ4v) is 7.61. The normalized spacial score (nSPS) is 14.8. The summed E-state index contributed by atoms with van der Waals surface area (Å²) in [4.78, 5) is 16.0. The van der Waals surface area contributed by atoms with Crippen molar-refractivity contribution in [2.45, 2.75) is 57.5 Å². The molecule has 0 aliphatic carbocycles. The molecule has 44 heavy (non-hydrogen) atoms. The second kappa shape index (κ2) is 12.0. The van der Waals surface area contributed by atoms with Crippen LogP contribution in [0.2, 0.25) is 5.02 Å². The number of carbonyl (C=O) groups is 1. The molecule has 1 aliphatic heterocycles. The Hall–Kier alpha value is -3.73. The van der Waals surface area contributed by atoms with Gasteiger partial charge in [-0.3, -0.25) is 14.3 Å². The van der Waals surface area contributed by atoms with Gasteiger partial charge in [-0.2, -0.15) is 10.2 Å². The molecule has 0 unspecified atom stereocenters. The minimum atomic E-state index is -0.964. The lowest BCUT2D eigenvalue weighted by Gasteiger charge is -2.16. The van der Waals surface area contributed by atoms with Crippen molar-refractivity contribution in [2.24, 2.45) is 14.1 Å². The average Bonchev–Trinajstić information content (AvgIpc) is 3.54. The summed E-state index contributed by atoms with van der Waals surface area (Å²) in [6.07, 6.45) is 0.637. The van der Waals surface area contributed by atoms with Gasteiger partial charge in [0.15, 0.2) is 0 Å². The Bertz CT molecular complexity index is 1910. The van der Waals surface area contributed by atoms with Crippen LogP contribution in [0.5, 0.6) is 5.75 Å². The topological polar surface area (TPSA) is 90.3 Å². The highest BCUT2D eigenvalue weighted by atomic mass is 35.5. The first kappa shape index (κ1) is 30.3. The molecule has 6 rings (SSSR count). The molecule has 0 amide bonds. The first-order valence-corrected chi connectivity index (χ1v) is 16.0. The van der Waals surface area contributed by atoms with Crippen molar-refractivity contribution in [1.82, 2.24) is 29.0 Å². The summed E-state index contributed by atoms with van der Waals surface area (Å²) < 4.78 is 11.9. The van der Waals surface area contributed by atoms with Gasteiger partial charge in [-0.25, -0.2) is 4.79 Å². The second-order valence-electron chi connectivity index (χ2n) is 11.7. The number of aryl methyl sites for hydroxylation is 5. The van der Waals surface area contributed by atoms with Crippen LogP contribution in [-0.4, -0.2) is 53.8 Å². The molecule has 11 heteroatoms. The van der Waals surface area contributed by atoms with Crippen LogP contribution in [-0.2, 0) is 39.5 Å². The molecule has 0 fully saturated rings. The van der Waals surface area contributed by atoms with E-state index in [9.17, 15) is 9.90 Å². The van der Waals surface area contributed by atoms with Crippen molar-refractivity contribution in [3.05, 3.63) is 81.0 Å². The fourth-order valence-electron chi connectivity index (χ4n) is 6.30. The van der Waals surface area contributed by atoms with Gasteiger partial charge in [0.05, 0.1) is 18.0 Å². The summed E-state index contributed by atoms with van der Waals surface area (Å²) >= 11 is 8.74. The number of carboxylic acid groups (broad SMARTS) is 1. The van der Waals surface area contributed by atoms with Crippen LogP contribution in [0.15, 0.2) is 41.3 Å². The Balaban J connectivity index is 1.50. The summed E-state index contributed by atoms with van der Waals surface area (Å²) in [5.74, 6) is 0.635. The van der Waals surface area contributed by atoms with Gasteiger partial charge in [-0.05, 0) is 81.8 Å². The van der Waals surface area contributed by atoms with Crippen molar-refractivity contribution < 1.29 is 14.6 Å². The lowest BCUT2D eigenvalue weighted by Crippen LogP contribution is -2.18. The van der Waals surface area contributed by atoms with Gasteiger partial charge in [0.2, 0.25) is 0 Å². The number of aromatic nitrogens is 5. The summed E-state index contributed by atoms with van der Waals surface area (Å²) in [5.41, 5.74) is 8.67. The van der Waals surface area contributed by atoms with Crippen LogP contribution >= 0.6 is 23.4 Å². The van der Waals surface area contributed by atoms with E-state index >= 15 is 0 Å². The molecule has 3 aromatic heterocycles.